The van der Waals surface area contributed by atoms with E-state index in [1.165, 1.54) is 19.3 Å². The number of hydrogen-bond donors (Lipinski definition) is 0. The molecule has 0 aromatic heterocycles. The quantitative estimate of drug-likeness (QED) is 0.0817. The van der Waals surface area contributed by atoms with E-state index < -0.39 is 64.6 Å². The van der Waals surface area contributed by atoms with Crippen molar-refractivity contribution in [1.29, 1.82) is 0 Å². The molecular weight excluding hydrogens is 715 g/mol. The second-order valence-electron chi connectivity index (χ2n) is 15.9. The van der Waals surface area contributed by atoms with Crippen molar-refractivity contribution in [3.8, 4) is 0 Å². The van der Waals surface area contributed by atoms with Gasteiger partial charge >= 0.3 is 16.4 Å². The van der Waals surface area contributed by atoms with Gasteiger partial charge in [-0.25, -0.2) is 8.98 Å². The predicted octanol–water partition coefficient (Wildman–Crippen LogP) is 8.73. The van der Waals surface area contributed by atoms with Gasteiger partial charge in [-0.2, -0.15) is 8.42 Å². The fourth-order valence-electron chi connectivity index (χ4n) is 7.34. The lowest BCUT2D eigenvalue weighted by molar-refractivity contribution is -0.290. The number of unbranched alkanes of at least 4 members (excludes halogenated alkanes) is 8. The molecule has 0 aromatic rings. The predicted molar refractivity (Wildman–Crippen MR) is 205 cm³/mol. The molecule has 1 aliphatic carbocycles. The molecule has 3 heterocycles. The van der Waals surface area contributed by atoms with Gasteiger partial charge in [0.1, 0.15) is 31.5 Å². The van der Waals surface area contributed by atoms with Crippen molar-refractivity contribution in [1.82, 2.24) is 4.31 Å². The molecule has 3 fully saturated rings. The zero-order valence-electron chi connectivity index (χ0n) is 33.5. The molecule has 4 rings (SSSR count). The number of fused-ring (bicyclic) bond motifs is 3. The van der Waals surface area contributed by atoms with E-state index >= 15 is 0 Å². The Morgan fingerprint density at radius 2 is 1.63 bits per heavy atom. The van der Waals surface area contributed by atoms with Crippen LogP contribution in [-0.2, 0) is 47.7 Å². The van der Waals surface area contributed by atoms with E-state index in [4.69, 9.17) is 32.6 Å². The van der Waals surface area contributed by atoms with Gasteiger partial charge in [0.25, 0.3) is 0 Å². The third-order valence-electron chi connectivity index (χ3n) is 10.2. The summed E-state index contributed by atoms with van der Waals surface area (Å²) in [5, 5.41) is 0. The minimum absolute atomic E-state index is 0.0201. The number of rotatable bonds is 21. The molecule has 0 saturated carbocycles. The third-order valence-corrected chi connectivity index (χ3v) is 11.4. The summed E-state index contributed by atoms with van der Waals surface area (Å²) in [5.74, 6) is -4.41. The van der Waals surface area contributed by atoms with Gasteiger partial charge in [0.2, 0.25) is 11.7 Å². The topological polar surface area (TPSA) is 136 Å². The molecule has 0 unspecified atom stereocenters. The van der Waals surface area contributed by atoms with Crippen molar-refractivity contribution in [2.24, 2.45) is 5.92 Å². The summed E-state index contributed by atoms with van der Waals surface area (Å²) in [6, 6.07) is 0. The highest BCUT2D eigenvalue weighted by Gasteiger charge is 2.66. The first kappa shape index (κ1) is 44.3. The van der Waals surface area contributed by atoms with Gasteiger partial charge in [-0.15, -0.1) is 4.31 Å². The molecule has 0 bridgehead atoms. The monoisotopic (exact) mass is 779 g/mol. The molecule has 12 nitrogen and oxygen atoms in total. The fourth-order valence-corrected chi connectivity index (χ4v) is 8.34. The van der Waals surface area contributed by atoms with Crippen LogP contribution in [0.3, 0.4) is 0 Å². The highest BCUT2D eigenvalue weighted by molar-refractivity contribution is 7.85. The molecule has 3 saturated heterocycles. The first-order chi connectivity index (χ1) is 25.6. The number of nitrogens with zero attached hydrogens (tertiary/aromatic N) is 1. The van der Waals surface area contributed by atoms with Crippen molar-refractivity contribution in [2.75, 3.05) is 19.8 Å². The molecule has 54 heavy (non-hydrogen) atoms. The van der Waals surface area contributed by atoms with Crippen molar-refractivity contribution < 1.29 is 50.6 Å². The van der Waals surface area contributed by atoms with E-state index in [2.05, 4.69) is 37.8 Å². The van der Waals surface area contributed by atoms with Crippen LogP contribution in [0.2, 0.25) is 0 Å². The number of ether oxygens (including phenoxy) is 6. The largest absolute Gasteiger partial charge is 0.444 e. The Bertz CT molecular complexity index is 1470. The first-order valence-corrected chi connectivity index (χ1v) is 21.3. The van der Waals surface area contributed by atoms with E-state index in [1.54, 1.807) is 27.7 Å². The van der Waals surface area contributed by atoms with Gasteiger partial charge in [-0.1, -0.05) is 81.6 Å². The molecule has 0 aromatic carbocycles. The molecule has 13 heteroatoms. The number of hydrogen-bond acceptors (Lipinski definition) is 11. The lowest BCUT2D eigenvalue weighted by Crippen LogP contribution is -2.61. The molecule has 5 atom stereocenters. The Morgan fingerprint density at radius 3 is 2.30 bits per heavy atom. The van der Waals surface area contributed by atoms with Crippen molar-refractivity contribution >= 4 is 22.3 Å². The Kier molecular flexibility index (Phi) is 16.5. The van der Waals surface area contributed by atoms with Crippen LogP contribution < -0.4 is 0 Å². The van der Waals surface area contributed by atoms with Crippen LogP contribution in [0.4, 0.5) is 4.79 Å². The Hall–Kier alpha value is -2.39. The van der Waals surface area contributed by atoms with Gasteiger partial charge in [-0.3, -0.25) is 4.79 Å². The zero-order chi connectivity index (χ0) is 39.4. The summed E-state index contributed by atoms with van der Waals surface area (Å²) in [6.45, 7) is 14.3. The molecule has 0 N–H and O–H groups in total. The standard InChI is InChI=1S/C41H65NO11S/c1-8-9-10-11-12-13-14-15-16-17-18-19-20-21-22-23-35(43)42(38(44)47-28-32-24-26-33(27-25-32)31(2)3)54(45,46)49-30-41-37(52-40(6,7)53-41)36-34(29-48-41)50-39(4,5)51-36/h12-13,15-16,24,33-34,36-37H,2,8-11,14,17-23,25-30H2,1,3-7H3/b13-12-,16-15-/t33-,34-,36-,37+,41+/m1/s1. The molecule has 0 spiro atoms. The lowest BCUT2D eigenvalue weighted by Gasteiger charge is -2.40. The minimum Gasteiger partial charge on any atom is -0.444 e. The summed E-state index contributed by atoms with van der Waals surface area (Å²) >= 11 is 0. The molecular formula is C41H65NO11S. The number of carbonyl (C=O) groups is 2. The highest BCUT2D eigenvalue weighted by atomic mass is 32.2. The van der Waals surface area contributed by atoms with Gasteiger partial charge in [0, 0.05) is 6.42 Å². The van der Waals surface area contributed by atoms with Gasteiger partial charge < -0.3 is 28.4 Å². The number of carbonyl (C=O) groups excluding carboxylic acids is 2. The highest BCUT2D eigenvalue weighted by Crippen LogP contribution is 2.47. The Balaban J connectivity index is 1.33. The molecule has 2 amide bonds. The smallest absolute Gasteiger partial charge is 0.432 e. The Labute approximate surface area is 323 Å². The van der Waals surface area contributed by atoms with Crippen molar-refractivity contribution in [2.45, 2.75) is 174 Å². The van der Waals surface area contributed by atoms with E-state index in [-0.39, 0.29) is 23.9 Å². The van der Waals surface area contributed by atoms with Crippen molar-refractivity contribution in [3.05, 3.63) is 48.1 Å². The van der Waals surface area contributed by atoms with Gasteiger partial charge in [0.15, 0.2) is 11.6 Å². The molecule has 0 radical (unpaired) electrons. The maximum atomic E-state index is 13.8. The van der Waals surface area contributed by atoms with Gasteiger partial charge in [-0.05, 0) is 104 Å². The van der Waals surface area contributed by atoms with Crippen LogP contribution in [0.5, 0.6) is 0 Å². The normalized spacial score (nSPS) is 27.5. The van der Waals surface area contributed by atoms with E-state index in [9.17, 15) is 18.0 Å². The summed E-state index contributed by atoms with van der Waals surface area (Å²) in [6.07, 6.45) is 20.4. The second-order valence-corrected chi connectivity index (χ2v) is 17.4. The van der Waals surface area contributed by atoms with Crippen LogP contribution in [-0.4, -0.2) is 80.2 Å². The average Bonchev–Trinajstić information content (AvgIpc) is 3.59. The van der Waals surface area contributed by atoms with Crippen LogP contribution >= 0.6 is 0 Å². The fraction of sp³-hybridized carbons (Fsp3) is 0.756. The summed E-state index contributed by atoms with van der Waals surface area (Å²) in [4.78, 5) is 27.0. The van der Waals surface area contributed by atoms with Crippen molar-refractivity contribution in [3.63, 3.8) is 0 Å². The molecule has 306 valence electrons. The average molecular weight is 780 g/mol. The van der Waals surface area contributed by atoms with E-state index in [1.807, 2.05) is 13.0 Å². The number of allylic oxidation sites excluding steroid dienone is 6. The van der Waals surface area contributed by atoms with Crippen LogP contribution in [0.15, 0.2) is 48.1 Å². The van der Waals surface area contributed by atoms with E-state index in [0.29, 0.717) is 25.2 Å². The van der Waals surface area contributed by atoms with E-state index in [0.717, 1.165) is 62.5 Å². The maximum Gasteiger partial charge on any atom is 0.432 e. The summed E-state index contributed by atoms with van der Waals surface area (Å²) in [5.41, 5.74) is 1.94. The second kappa shape index (κ2) is 20.2. The SMILES string of the molecule is C=C(C)[C@@H]1CC=C(COC(=O)N(C(=O)CCCCCCC/C=C\C/C=C\CCCCC)S(=O)(=O)OC[C@@]23OC[C@H]4OC(C)(C)O[C@H]4[C@@H]2OC(C)(C)O3)CC1. The lowest BCUT2D eigenvalue weighted by atomic mass is 9.86. The first-order valence-electron chi connectivity index (χ1n) is 20.0. The maximum absolute atomic E-state index is 13.8. The molecule has 4 aliphatic rings. The number of imide groups is 1. The van der Waals surface area contributed by atoms with Crippen LogP contribution in [0.1, 0.15) is 138 Å². The zero-order valence-corrected chi connectivity index (χ0v) is 34.3. The molecule has 3 aliphatic heterocycles. The number of amides is 2. The van der Waals surface area contributed by atoms with Crippen LogP contribution in [0, 0.1) is 5.92 Å². The third kappa shape index (κ3) is 12.8. The minimum atomic E-state index is -5.01. The van der Waals surface area contributed by atoms with Gasteiger partial charge in [0.05, 0.1) is 6.61 Å². The Morgan fingerprint density at radius 1 is 0.944 bits per heavy atom. The summed E-state index contributed by atoms with van der Waals surface area (Å²) < 4.78 is 69.0. The van der Waals surface area contributed by atoms with Crippen LogP contribution in [0.25, 0.3) is 0 Å². The summed E-state index contributed by atoms with van der Waals surface area (Å²) in [7, 11) is -5.01.